The highest BCUT2D eigenvalue weighted by Crippen LogP contribution is 2.67. The fourth-order valence-corrected chi connectivity index (χ4v) is 8.56. The lowest BCUT2D eigenvalue weighted by Crippen LogP contribution is -2.52. The second-order valence-electron chi connectivity index (χ2n) is 12.3. The first-order valence-corrected chi connectivity index (χ1v) is 12.4. The van der Waals surface area contributed by atoms with E-state index in [0.717, 1.165) is 36.0 Å². The van der Waals surface area contributed by atoms with Gasteiger partial charge in [-0.2, -0.15) is 0 Å². The Balaban J connectivity index is 1.43. The number of hydrogen-bond acceptors (Lipinski definition) is 2. The van der Waals surface area contributed by atoms with Gasteiger partial charge in [-0.1, -0.05) is 26.7 Å². The van der Waals surface area contributed by atoms with Crippen LogP contribution in [0.15, 0.2) is 0 Å². The fraction of sp³-hybridized carbons (Fsp3) is 0.962. The lowest BCUT2D eigenvalue weighted by molar-refractivity contribution is -0.155. The third-order valence-corrected chi connectivity index (χ3v) is 9.90. The summed E-state index contributed by atoms with van der Waals surface area (Å²) in [6.45, 7) is 11.2. The van der Waals surface area contributed by atoms with E-state index in [1.807, 2.05) is 20.8 Å². The molecule has 0 aromatic rings. The smallest absolute Gasteiger partial charge is 0.306 e. The Kier molecular flexibility index (Phi) is 5.41. The van der Waals surface area contributed by atoms with Crippen LogP contribution in [-0.2, 0) is 9.53 Å². The molecule has 4 aliphatic carbocycles. The summed E-state index contributed by atoms with van der Waals surface area (Å²) in [7, 11) is 0. The van der Waals surface area contributed by atoms with Crippen molar-refractivity contribution in [1.82, 2.24) is 0 Å². The summed E-state index contributed by atoms with van der Waals surface area (Å²) in [6.07, 6.45) is 16.2. The maximum atomic E-state index is 12.3. The summed E-state index contributed by atoms with van der Waals surface area (Å²) in [5, 5.41) is 0. The number of esters is 1. The van der Waals surface area contributed by atoms with Crippen LogP contribution in [-0.4, -0.2) is 11.6 Å². The van der Waals surface area contributed by atoms with Crippen molar-refractivity contribution < 1.29 is 9.53 Å². The van der Waals surface area contributed by atoms with E-state index in [4.69, 9.17) is 4.74 Å². The molecule has 160 valence electrons. The zero-order valence-electron chi connectivity index (χ0n) is 19.2. The topological polar surface area (TPSA) is 26.3 Å². The highest BCUT2D eigenvalue weighted by Gasteiger charge is 2.59. The average Bonchev–Trinajstić information content (AvgIpc) is 2.94. The Morgan fingerprint density at radius 1 is 0.893 bits per heavy atom. The van der Waals surface area contributed by atoms with Gasteiger partial charge in [0.15, 0.2) is 0 Å². The second kappa shape index (κ2) is 7.31. The highest BCUT2D eigenvalue weighted by molar-refractivity contribution is 5.69. The molecule has 4 fully saturated rings. The third-order valence-electron chi connectivity index (χ3n) is 9.90. The molecule has 4 aliphatic rings. The van der Waals surface area contributed by atoms with Crippen LogP contribution in [0.1, 0.15) is 112 Å². The zero-order chi connectivity index (χ0) is 20.2. The summed E-state index contributed by atoms with van der Waals surface area (Å²) in [5.41, 5.74) is 0.753. The molecule has 0 saturated heterocycles. The number of fused-ring (bicyclic) bond motifs is 5. The van der Waals surface area contributed by atoms with E-state index in [0.29, 0.717) is 17.3 Å². The number of ether oxygens (including phenoxy) is 1. The fourth-order valence-electron chi connectivity index (χ4n) is 8.56. The molecule has 2 heteroatoms. The molecule has 2 nitrogen and oxygen atoms in total. The minimum Gasteiger partial charge on any atom is -0.460 e. The molecular weight excluding hydrogens is 344 g/mol. The maximum absolute atomic E-state index is 12.3. The van der Waals surface area contributed by atoms with Gasteiger partial charge in [0.25, 0.3) is 0 Å². The highest BCUT2D eigenvalue weighted by atomic mass is 16.6. The molecule has 0 spiro atoms. The van der Waals surface area contributed by atoms with Crippen LogP contribution in [0.2, 0.25) is 0 Å². The molecule has 0 N–H and O–H groups in total. The van der Waals surface area contributed by atoms with E-state index in [1.165, 1.54) is 64.2 Å². The van der Waals surface area contributed by atoms with Crippen molar-refractivity contribution in [2.45, 2.75) is 117 Å². The minimum absolute atomic E-state index is 0.00320. The van der Waals surface area contributed by atoms with Crippen molar-refractivity contribution in [3.63, 3.8) is 0 Å². The van der Waals surface area contributed by atoms with Crippen molar-refractivity contribution in [2.24, 2.45) is 40.4 Å². The van der Waals surface area contributed by atoms with Crippen LogP contribution in [0.4, 0.5) is 0 Å². The lowest BCUT2D eigenvalue weighted by atomic mass is 9.45. The van der Waals surface area contributed by atoms with E-state index >= 15 is 0 Å². The minimum atomic E-state index is -0.356. The summed E-state index contributed by atoms with van der Waals surface area (Å²) in [5.74, 6) is 4.59. The molecule has 0 bridgehead atoms. The summed E-state index contributed by atoms with van der Waals surface area (Å²) < 4.78 is 5.59. The summed E-state index contributed by atoms with van der Waals surface area (Å²) in [4.78, 5) is 12.3. The molecule has 0 radical (unpaired) electrons. The molecule has 0 amide bonds. The largest absolute Gasteiger partial charge is 0.460 e. The molecule has 7 unspecified atom stereocenters. The van der Waals surface area contributed by atoms with Crippen LogP contribution < -0.4 is 0 Å². The first-order valence-electron chi connectivity index (χ1n) is 12.4. The normalized spacial score (nSPS) is 45.7. The molecular formula is C26H44O2. The van der Waals surface area contributed by atoms with E-state index in [2.05, 4.69) is 13.8 Å². The van der Waals surface area contributed by atoms with Crippen molar-refractivity contribution in [3.05, 3.63) is 0 Å². The van der Waals surface area contributed by atoms with Crippen molar-refractivity contribution in [3.8, 4) is 0 Å². The van der Waals surface area contributed by atoms with E-state index in [9.17, 15) is 4.79 Å². The summed E-state index contributed by atoms with van der Waals surface area (Å²) in [6, 6.07) is 0. The molecule has 0 aromatic heterocycles. The van der Waals surface area contributed by atoms with Crippen LogP contribution in [0.25, 0.3) is 0 Å². The first kappa shape index (κ1) is 20.7. The van der Waals surface area contributed by atoms with Crippen molar-refractivity contribution in [2.75, 3.05) is 0 Å². The van der Waals surface area contributed by atoms with Crippen molar-refractivity contribution in [1.29, 1.82) is 0 Å². The Hall–Kier alpha value is -0.530. The van der Waals surface area contributed by atoms with E-state index in [-0.39, 0.29) is 11.6 Å². The zero-order valence-corrected chi connectivity index (χ0v) is 19.2. The Bertz CT molecular complexity index is 590. The molecule has 4 rings (SSSR count). The van der Waals surface area contributed by atoms with Gasteiger partial charge in [-0.25, -0.2) is 0 Å². The third kappa shape index (κ3) is 3.56. The van der Waals surface area contributed by atoms with Gasteiger partial charge < -0.3 is 4.74 Å². The Labute approximate surface area is 173 Å². The van der Waals surface area contributed by atoms with Gasteiger partial charge in [0.1, 0.15) is 5.60 Å². The monoisotopic (exact) mass is 388 g/mol. The van der Waals surface area contributed by atoms with Gasteiger partial charge in [0, 0.05) is 6.42 Å². The SMILES string of the molecule is CC(C)(C)OC(=O)CCC1CCC2C3CCC4CCCCC4(C)C3CCC12C. The predicted molar refractivity (Wildman–Crippen MR) is 115 cm³/mol. The molecule has 0 heterocycles. The van der Waals surface area contributed by atoms with Crippen LogP contribution in [0.3, 0.4) is 0 Å². The number of hydrogen-bond donors (Lipinski definition) is 0. The van der Waals surface area contributed by atoms with Crippen LogP contribution in [0, 0.1) is 40.4 Å². The quantitative estimate of drug-likeness (QED) is 0.479. The van der Waals surface area contributed by atoms with Crippen LogP contribution >= 0.6 is 0 Å². The van der Waals surface area contributed by atoms with E-state index in [1.54, 1.807) is 0 Å². The van der Waals surface area contributed by atoms with Gasteiger partial charge >= 0.3 is 5.97 Å². The molecule has 28 heavy (non-hydrogen) atoms. The first-order chi connectivity index (χ1) is 13.1. The standard InChI is InChI=1S/C26H44O2/c1-24(2,3)28-23(27)14-11-19-10-13-21-20-12-9-18-8-6-7-16-25(18,4)22(20)15-17-26(19,21)5/h18-22H,6-17H2,1-5H3. The lowest BCUT2D eigenvalue weighted by Gasteiger charge is -2.60. The number of carbonyl (C=O) groups is 1. The molecule has 4 saturated carbocycles. The Morgan fingerprint density at radius 2 is 1.64 bits per heavy atom. The maximum Gasteiger partial charge on any atom is 0.306 e. The molecule has 0 aliphatic heterocycles. The Morgan fingerprint density at radius 3 is 2.39 bits per heavy atom. The molecule has 7 atom stereocenters. The number of rotatable bonds is 3. The molecule has 0 aromatic carbocycles. The predicted octanol–water partition coefficient (Wildman–Crippen LogP) is 7.16. The van der Waals surface area contributed by atoms with Crippen LogP contribution in [0.5, 0.6) is 0 Å². The van der Waals surface area contributed by atoms with Gasteiger partial charge in [-0.05, 0) is 119 Å². The van der Waals surface area contributed by atoms with Gasteiger partial charge in [-0.3, -0.25) is 4.79 Å². The second-order valence-corrected chi connectivity index (χ2v) is 12.3. The van der Waals surface area contributed by atoms with Gasteiger partial charge in [0.2, 0.25) is 0 Å². The van der Waals surface area contributed by atoms with Crippen molar-refractivity contribution >= 4 is 5.97 Å². The van der Waals surface area contributed by atoms with E-state index < -0.39 is 0 Å². The number of carbonyl (C=O) groups excluding carboxylic acids is 1. The van der Waals surface area contributed by atoms with Gasteiger partial charge in [0.05, 0.1) is 0 Å². The van der Waals surface area contributed by atoms with Gasteiger partial charge in [-0.15, -0.1) is 0 Å². The summed E-state index contributed by atoms with van der Waals surface area (Å²) >= 11 is 0. The average molecular weight is 389 g/mol.